The highest BCUT2D eigenvalue weighted by Crippen LogP contribution is 2.30. The van der Waals surface area contributed by atoms with Gasteiger partial charge in [-0.05, 0) is 45.8 Å². The highest BCUT2D eigenvalue weighted by atomic mass is 16.5. The van der Waals surface area contributed by atoms with Crippen molar-refractivity contribution in [3.05, 3.63) is 71.0 Å². The van der Waals surface area contributed by atoms with Crippen LogP contribution in [-0.2, 0) is 27.3 Å². The van der Waals surface area contributed by atoms with Crippen LogP contribution in [0.2, 0.25) is 0 Å². The average molecular weight is 460 g/mol. The maximum Gasteiger partial charge on any atom is 0.338 e. The van der Waals surface area contributed by atoms with E-state index in [-0.39, 0.29) is 24.0 Å². The molecule has 3 aliphatic rings. The predicted octanol–water partition coefficient (Wildman–Crippen LogP) is 1.16. The molecule has 2 atom stereocenters. The molecule has 2 fully saturated rings. The molecule has 3 aromatic rings. The van der Waals surface area contributed by atoms with Crippen LogP contribution in [0.4, 0.5) is 0 Å². The summed E-state index contributed by atoms with van der Waals surface area (Å²) < 4.78 is 12.9. The van der Waals surface area contributed by atoms with Crippen LogP contribution in [0.3, 0.4) is 0 Å². The molecule has 4 heterocycles. The van der Waals surface area contributed by atoms with Crippen LogP contribution >= 0.6 is 0 Å². The van der Waals surface area contributed by atoms with E-state index in [9.17, 15) is 9.59 Å². The van der Waals surface area contributed by atoms with Gasteiger partial charge in [0, 0.05) is 31.7 Å². The van der Waals surface area contributed by atoms with Crippen LogP contribution in [0.5, 0.6) is 0 Å². The van der Waals surface area contributed by atoms with Crippen molar-refractivity contribution in [3.8, 4) is 5.69 Å². The summed E-state index contributed by atoms with van der Waals surface area (Å²) in [6.45, 7) is 3.87. The summed E-state index contributed by atoms with van der Waals surface area (Å²) in [6.07, 6.45) is 1.86. The fourth-order valence-electron chi connectivity index (χ4n) is 4.90. The Balaban J connectivity index is 1.05. The zero-order valence-electron chi connectivity index (χ0n) is 18.5. The number of tetrazole rings is 1. The van der Waals surface area contributed by atoms with Crippen LogP contribution in [0.15, 0.2) is 48.8 Å². The number of rotatable bonds is 4. The molecule has 1 amide bonds. The molecule has 34 heavy (non-hydrogen) atoms. The Bertz CT molecular complexity index is 1210. The van der Waals surface area contributed by atoms with Crippen LogP contribution in [-0.4, -0.2) is 80.7 Å². The number of amides is 1. The van der Waals surface area contributed by atoms with E-state index in [1.54, 1.807) is 4.68 Å². The van der Waals surface area contributed by atoms with Crippen molar-refractivity contribution in [2.75, 3.05) is 32.8 Å². The smallest absolute Gasteiger partial charge is 0.338 e. The fraction of sp³-hybridized carbons (Fsp3) is 0.375. The van der Waals surface area contributed by atoms with Crippen molar-refractivity contribution in [1.82, 2.24) is 30.0 Å². The van der Waals surface area contributed by atoms with E-state index in [1.807, 2.05) is 47.4 Å². The molecule has 2 aromatic carbocycles. The summed E-state index contributed by atoms with van der Waals surface area (Å²) in [5.41, 5.74) is 4.46. The zero-order chi connectivity index (χ0) is 23.1. The van der Waals surface area contributed by atoms with Crippen molar-refractivity contribution in [2.24, 2.45) is 0 Å². The number of carbonyl (C=O) groups is 2. The van der Waals surface area contributed by atoms with E-state index in [2.05, 4.69) is 20.4 Å². The Morgan fingerprint density at radius 3 is 2.79 bits per heavy atom. The molecule has 3 aliphatic heterocycles. The van der Waals surface area contributed by atoms with Crippen molar-refractivity contribution < 1.29 is 19.1 Å². The second kappa shape index (κ2) is 8.62. The molecule has 0 bridgehead atoms. The van der Waals surface area contributed by atoms with Gasteiger partial charge in [0.2, 0.25) is 5.91 Å². The largest absolute Gasteiger partial charge is 0.457 e. The Morgan fingerprint density at radius 2 is 1.97 bits per heavy atom. The second-order valence-electron chi connectivity index (χ2n) is 8.90. The van der Waals surface area contributed by atoms with E-state index in [4.69, 9.17) is 9.47 Å². The Kier molecular flexibility index (Phi) is 5.31. The van der Waals surface area contributed by atoms with Gasteiger partial charge in [0.1, 0.15) is 12.9 Å². The number of fused-ring (bicyclic) bond motifs is 2. The minimum absolute atomic E-state index is 0.0433. The lowest BCUT2D eigenvalue weighted by Gasteiger charge is -2.46. The van der Waals surface area contributed by atoms with Crippen molar-refractivity contribution in [1.29, 1.82) is 0 Å². The zero-order valence-corrected chi connectivity index (χ0v) is 18.5. The summed E-state index contributed by atoms with van der Waals surface area (Å²) in [7, 11) is 0. The van der Waals surface area contributed by atoms with Gasteiger partial charge in [-0.3, -0.25) is 9.69 Å². The molecule has 0 saturated carbocycles. The molecular formula is C24H24N6O4. The molecule has 6 rings (SSSR count). The summed E-state index contributed by atoms with van der Waals surface area (Å²) in [5, 5.41) is 11.2. The lowest BCUT2D eigenvalue weighted by atomic mass is 9.99. The normalized spacial score (nSPS) is 22.2. The van der Waals surface area contributed by atoms with Crippen molar-refractivity contribution in [2.45, 2.75) is 25.2 Å². The first kappa shape index (κ1) is 20.9. The van der Waals surface area contributed by atoms with Gasteiger partial charge >= 0.3 is 5.97 Å². The SMILES string of the molecule is O=C1OCc2cc([C@H]3CN4CCN(C(=O)Cc5ccc(-n6cnnn6)cc5)C[C@H]4CO3)ccc21. The topological polar surface area (TPSA) is 103 Å². The molecule has 1 aromatic heterocycles. The van der Waals surface area contributed by atoms with E-state index < -0.39 is 0 Å². The number of piperazine rings is 1. The summed E-state index contributed by atoms with van der Waals surface area (Å²) >= 11 is 0. The molecule has 0 radical (unpaired) electrons. The van der Waals surface area contributed by atoms with Gasteiger partial charge in [-0.1, -0.05) is 18.2 Å². The molecule has 10 nitrogen and oxygen atoms in total. The van der Waals surface area contributed by atoms with Gasteiger partial charge in [-0.25, -0.2) is 9.48 Å². The molecular weight excluding hydrogens is 436 g/mol. The number of morpholine rings is 1. The number of benzene rings is 2. The number of hydrogen-bond donors (Lipinski definition) is 0. The molecule has 0 N–H and O–H groups in total. The second-order valence-corrected chi connectivity index (χ2v) is 8.90. The van der Waals surface area contributed by atoms with Crippen LogP contribution in [0.25, 0.3) is 5.69 Å². The first-order chi connectivity index (χ1) is 16.6. The first-order valence-corrected chi connectivity index (χ1v) is 11.4. The molecule has 174 valence electrons. The highest BCUT2D eigenvalue weighted by Gasteiger charge is 2.36. The van der Waals surface area contributed by atoms with E-state index in [0.717, 1.165) is 35.5 Å². The standard InChI is InChI=1S/C24H24N6O4/c31-23(9-16-1-4-19(5-2-16)30-15-25-26-27-30)29-8-7-28-12-22(33-14-20(28)11-29)17-3-6-21-18(10-17)13-34-24(21)32/h1-6,10,15,20,22H,7-9,11-14H2/t20-,22+/m0/s1. The van der Waals surface area contributed by atoms with Gasteiger partial charge in [-0.2, -0.15) is 0 Å². The Hall–Kier alpha value is -3.63. The van der Waals surface area contributed by atoms with Crippen molar-refractivity contribution in [3.63, 3.8) is 0 Å². The van der Waals surface area contributed by atoms with Gasteiger partial charge < -0.3 is 14.4 Å². The Labute approximate surface area is 196 Å². The molecule has 2 saturated heterocycles. The monoisotopic (exact) mass is 460 g/mol. The number of hydrogen-bond acceptors (Lipinski definition) is 8. The molecule has 0 aliphatic carbocycles. The maximum absolute atomic E-state index is 13.0. The number of ether oxygens (including phenoxy) is 2. The third-order valence-corrected chi connectivity index (χ3v) is 6.83. The quantitative estimate of drug-likeness (QED) is 0.535. The lowest BCUT2D eigenvalue weighted by molar-refractivity contribution is -0.139. The van der Waals surface area contributed by atoms with Crippen LogP contribution in [0, 0.1) is 0 Å². The van der Waals surface area contributed by atoms with Gasteiger partial charge in [0.05, 0.1) is 36.4 Å². The number of esters is 1. The summed E-state index contributed by atoms with van der Waals surface area (Å²) in [5.74, 6) is -0.129. The van der Waals surface area contributed by atoms with Gasteiger partial charge in [0.15, 0.2) is 0 Å². The third kappa shape index (κ3) is 3.95. The molecule has 0 unspecified atom stereocenters. The number of aromatic nitrogens is 4. The highest BCUT2D eigenvalue weighted by molar-refractivity contribution is 5.93. The van der Waals surface area contributed by atoms with Crippen molar-refractivity contribution >= 4 is 11.9 Å². The minimum atomic E-state index is -0.254. The van der Waals surface area contributed by atoms with E-state index in [1.165, 1.54) is 6.33 Å². The average Bonchev–Trinajstić information content (AvgIpc) is 3.54. The number of cyclic esters (lactones) is 1. The van der Waals surface area contributed by atoms with Crippen LogP contribution < -0.4 is 0 Å². The van der Waals surface area contributed by atoms with Gasteiger partial charge in [-0.15, -0.1) is 5.10 Å². The van der Waals surface area contributed by atoms with Gasteiger partial charge in [0.25, 0.3) is 0 Å². The number of nitrogens with zero attached hydrogens (tertiary/aromatic N) is 6. The first-order valence-electron chi connectivity index (χ1n) is 11.4. The fourth-order valence-corrected chi connectivity index (χ4v) is 4.90. The summed E-state index contributed by atoms with van der Waals surface area (Å²) in [4.78, 5) is 29.0. The van der Waals surface area contributed by atoms with E-state index >= 15 is 0 Å². The van der Waals surface area contributed by atoms with Crippen LogP contribution in [0.1, 0.15) is 33.2 Å². The third-order valence-electron chi connectivity index (χ3n) is 6.83. The predicted molar refractivity (Wildman–Crippen MR) is 119 cm³/mol. The molecule has 10 heteroatoms. The maximum atomic E-state index is 13.0. The van der Waals surface area contributed by atoms with E-state index in [0.29, 0.717) is 38.3 Å². The Morgan fingerprint density at radius 1 is 1.09 bits per heavy atom. The molecule has 0 spiro atoms. The lowest BCUT2D eigenvalue weighted by Crippen LogP contribution is -2.59. The summed E-state index contributed by atoms with van der Waals surface area (Å²) in [6, 6.07) is 13.7. The number of carbonyl (C=O) groups excluding carboxylic acids is 2. The minimum Gasteiger partial charge on any atom is -0.457 e.